The lowest BCUT2D eigenvalue weighted by molar-refractivity contribution is -0.241. The molecule has 2 aromatic carbocycles. The predicted octanol–water partition coefficient (Wildman–Crippen LogP) is 9.70. The van der Waals surface area contributed by atoms with Crippen molar-refractivity contribution >= 4 is 5.97 Å². The Morgan fingerprint density at radius 1 is 0.588 bits per heavy atom. The minimum Gasteiger partial charge on any atom is -0.293 e. The molecule has 0 heterocycles. The molecule has 0 saturated carbocycles. The number of carbonyl (C=O) groups is 1. The van der Waals surface area contributed by atoms with E-state index in [1.807, 2.05) is 48.5 Å². The molecule has 0 aliphatic carbocycles. The van der Waals surface area contributed by atoms with Crippen LogP contribution in [0.5, 0.6) is 0 Å². The summed E-state index contributed by atoms with van der Waals surface area (Å²) >= 11 is 0. The Kier molecular flexibility index (Phi) is 15.9. The van der Waals surface area contributed by atoms with E-state index in [2.05, 4.69) is 6.92 Å². The first-order chi connectivity index (χ1) is 16.8. The van der Waals surface area contributed by atoms with Gasteiger partial charge in [0.25, 0.3) is 0 Å². The van der Waals surface area contributed by atoms with Gasteiger partial charge < -0.3 is 0 Å². The zero-order chi connectivity index (χ0) is 24.1. The van der Waals surface area contributed by atoms with E-state index in [1.54, 1.807) is 6.07 Å². The maximum atomic E-state index is 12.5. The Labute approximate surface area is 208 Å². The molecule has 3 nitrogen and oxygen atoms in total. The second kappa shape index (κ2) is 19.2. The van der Waals surface area contributed by atoms with Crippen molar-refractivity contribution in [2.75, 3.05) is 6.61 Å². The maximum Gasteiger partial charge on any atom is 0.373 e. The van der Waals surface area contributed by atoms with Crippen molar-refractivity contribution in [3.8, 4) is 11.1 Å². The number of hydrogen-bond donors (Lipinski definition) is 0. The van der Waals surface area contributed by atoms with Gasteiger partial charge in [-0.05, 0) is 23.6 Å². The zero-order valence-corrected chi connectivity index (χ0v) is 21.4. The minimum absolute atomic E-state index is 0.434. The Hall–Kier alpha value is -2.13. The van der Waals surface area contributed by atoms with Crippen LogP contribution in [0.1, 0.15) is 120 Å². The third kappa shape index (κ3) is 12.4. The van der Waals surface area contributed by atoms with Crippen LogP contribution in [0.2, 0.25) is 0 Å². The molecule has 0 bridgehead atoms. The number of hydrogen-bond acceptors (Lipinski definition) is 3. The van der Waals surface area contributed by atoms with Crippen molar-refractivity contribution in [1.82, 2.24) is 0 Å². The second-order valence-corrected chi connectivity index (χ2v) is 9.41. The van der Waals surface area contributed by atoms with Gasteiger partial charge in [0.1, 0.15) is 0 Å². The van der Waals surface area contributed by atoms with E-state index in [0.717, 1.165) is 24.0 Å². The largest absolute Gasteiger partial charge is 0.373 e. The van der Waals surface area contributed by atoms with Gasteiger partial charge in [-0.15, -0.1) is 0 Å². The summed E-state index contributed by atoms with van der Waals surface area (Å²) in [7, 11) is 0. The monoisotopic (exact) mass is 466 g/mol. The van der Waals surface area contributed by atoms with Crippen LogP contribution < -0.4 is 0 Å². The molecule has 0 aliphatic heterocycles. The van der Waals surface area contributed by atoms with Gasteiger partial charge in [-0.2, -0.15) is 4.89 Å². The van der Waals surface area contributed by atoms with Crippen LogP contribution in [0.3, 0.4) is 0 Å². The standard InChI is InChI=1S/C31H46O3/c1-2-3-4-5-6-7-8-9-10-11-12-13-14-15-16-22-27-33-34-31(32)30-26-21-20-25-29(30)28-23-18-17-19-24-28/h17-21,23-26H,2-16,22,27H2,1H3. The van der Waals surface area contributed by atoms with E-state index in [1.165, 1.54) is 89.9 Å². The Bertz CT molecular complexity index is 756. The van der Waals surface area contributed by atoms with Crippen LogP contribution in [0, 0.1) is 0 Å². The zero-order valence-electron chi connectivity index (χ0n) is 21.4. The number of rotatable bonds is 20. The summed E-state index contributed by atoms with van der Waals surface area (Å²) in [5, 5.41) is 0. The SMILES string of the molecule is CCCCCCCCCCCCCCCCCCOOC(=O)c1ccccc1-c1ccccc1. The topological polar surface area (TPSA) is 35.5 Å². The normalized spacial score (nSPS) is 11.0. The summed E-state index contributed by atoms with van der Waals surface area (Å²) in [6.07, 6.45) is 21.4. The molecule has 0 saturated heterocycles. The summed E-state index contributed by atoms with van der Waals surface area (Å²) in [6.45, 7) is 2.74. The van der Waals surface area contributed by atoms with Crippen LogP contribution in [-0.2, 0) is 9.78 Å². The lowest BCUT2D eigenvalue weighted by Gasteiger charge is -2.09. The first-order valence-electron chi connectivity index (χ1n) is 13.8. The highest BCUT2D eigenvalue weighted by atomic mass is 17.2. The molecular formula is C31H46O3. The van der Waals surface area contributed by atoms with Gasteiger partial charge in [-0.3, -0.25) is 4.89 Å². The molecule has 0 aliphatic rings. The molecule has 0 amide bonds. The van der Waals surface area contributed by atoms with Crippen LogP contribution in [-0.4, -0.2) is 12.6 Å². The van der Waals surface area contributed by atoms with E-state index in [0.29, 0.717) is 12.2 Å². The van der Waals surface area contributed by atoms with Gasteiger partial charge in [0.2, 0.25) is 0 Å². The van der Waals surface area contributed by atoms with Gasteiger partial charge in [0, 0.05) is 0 Å². The quantitative estimate of drug-likeness (QED) is 0.111. The molecule has 2 rings (SSSR count). The van der Waals surface area contributed by atoms with Gasteiger partial charge in [0.05, 0.1) is 12.2 Å². The lowest BCUT2D eigenvalue weighted by atomic mass is 10.00. The molecular weight excluding hydrogens is 420 g/mol. The third-order valence-corrected chi connectivity index (χ3v) is 6.45. The average molecular weight is 467 g/mol. The number of unbranched alkanes of at least 4 members (excludes halogenated alkanes) is 15. The highest BCUT2D eigenvalue weighted by Crippen LogP contribution is 2.24. The van der Waals surface area contributed by atoms with Crippen molar-refractivity contribution in [2.45, 2.75) is 110 Å². The predicted molar refractivity (Wildman–Crippen MR) is 143 cm³/mol. The molecule has 0 radical (unpaired) electrons. The van der Waals surface area contributed by atoms with Crippen LogP contribution in [0.25, 0.3) is 11.1 Å². The number of benzene rings is 2. The first kappa shape index (κ1) is 28.1. The molecule has 3 heteroatoms. The Balaban J connectivity index is 1.41. The molecule has 0 N–H and O–H groups in total. The summed E-state index contributed by atoms with van der Waals surface area (Å²) in [4.78, 5) is 22.7. The van der Waals surface area contributed by atoms with Crippen LogP contribution >= 0.6 is 0 Å². The van der Waals surface area contributed by atoms with Crippen LogP contribution in [0.4, 0.5) is 0 Å². The fourth-order valence-electron chi connectivity index (χ4n) is 4.38. The van der Waals surface area contributed by atoms with Gasteiger partial charge in [-0.25, -0.2) is 4.79 Å². The van der Waals surface area contributed by atoms with Crippen molar-refractivity contribution in [3.63, 3.8) is 0 Å². The lowest BCUT2D eigenvalue weighted by Crippen LogP contribution is -2.08. The molecule has 34 heavy (non-hydrogen) atoms. The first-order valence-corrected chi connectivity index (χ1v) is 13.8. The summed E-state index contributed by atoms with van der Waals surface area (Å²) < 4.78 is 0. The van der Waals surface area contributed by atoms with Crippen LogP contribution in [0.15, 0.2) is 54.6 Å². The highest BCUT2D eigenvalue weighted by molar-refractivity contribution is 5.96. The molecule has 188 valence electrons. The fourth-order valence-corrected chi connectivity index (χ4v) is 4.38. The Morgan fingerprint density at radius 3 is 1.62 bits per heavy atom. The summed E-state index contributed by atoms with van der Waals surface area (Å²) in [6, 6.07) is 17.4. The Morgan fingerprint density at radius 2 is 1.06 bits per heavy atom. The average Bonchev–Trinajstić information content (AvgIpc) is 2.88. The van der Waals surface area contributed by atoms with Crippen molar-refractivity contribution in [1.29, 1.82) is 0 Å². The molecule has 0 unspecified atom stereocenters. The molecule has 0 fully saturated rings. The van der Waals surface area contributed by atoms with Crippen molar-refractivity contribution < 1.29 is 14.6 Å². The minimum atomic E-state index is -0.434. The van der Waals surface area contributed by atoms with E-state index in [9.17, 15) is 4.79 Å². The summed E-state index contributed by atoms with van der Waals surface area (Å²) in [5.74, 6) is -0.434. The molecule has 0 spiro atoms. The second-order valence-electron chi connectivity index (χ2n) is 9.41. The summed E-state index contributed by atoms with van der Waals surface area (Å²) in [5.41, 5.74) is 2.38. The fraction of sp³-hybridized carbons (Fsp3) is 0.581. The molecule has 0 aromatic heterocycles. The maximum absolute atomic E-state index is 12.5. The van der Waals surface area contributed by atoms with E-state index in [4.69, 9.17) is 9.78 Å². The van der Waals surface area contributed by atoms with E-state index >= 15 is 0 Å². The van der Waals surface area contributed by atoms with Gasteiger partial charge in [-0.1, -0.05) is 152 Å². The number of carbonyl (C=O) groups excluding carboxylic acids is 1. The highest BCUT2D eigenvalue weighted by Gasteiger charge is 2.14. The van der Waals surface area contributed by atoms with E-state index < -0.39 is 5.97 Å². The third-order valence-electron chi connectivity index (χ3n) is 6.45. The molecule has 2 aromatic rings. The molecule has 0 atom stereocenters. The van der Waals surface area contributed by atoms with E-state index in [-0.39, 0.29) is 0 Å². The smallest absolute Gasteiger partial charge is 0.293 e. The van der Waals surface area contributed by atoms with Gasteiger partial charge >= 0.3 is 5.97 Å². The van der Waals surface area contributed by atoms with Crippen molar-refractivity contribution in [3.05, 3.63) is 60.2 Å². The van der Waals surface area contributed by atoms with Crippen molar-refractivity contribution in [2.24, 2.45) is 0 Å². The van der Waals surface area contributed by atoms with Gasteiger partial charge in [0.15, 0.2) is 0 Å².